The molecule has 0 saturated heterocycles. The van der Waals surface area contributed by atoms with Crippen molar-refractivity contribution in [3.8, 4) is 11.8 Å². The maximum Gasteiger partial charge on any atom is 0.137 e. The van der Waals surface area contributed by atoms with Gasteiger partial charge in [-0.15, -0.1) is 0 Å². The van der Waals surface area contributed by atoms with Gasteiger partial charge in [-0.25, -0.2) is 4.39 Å². The number of hydrogen-bond acceptors (Lipinski definition) is 3. The molecule has 0 saturated carbocycles. The van der Waals surface area contributed by atoms with Crippen molar-refractivity contribution in [2.75, 3.05) is 6.61 Å². The molecule has 0 bridgehead atoms. The van der Waals surface area contributed by atoms with Gasteiger partial charge in [0, 0.05) is 11.1 Å². The van der Waals surface area contributed by atoms with Gasteiger partial charge in [0.1, 0.15) is 11.6 Å². The van der Waals surface area contributed by atoms with Crippen LogP contribution in [0.5, 0.6) is 5.75 Å². The molecule has 0 N–H and O–H groups in total. The molecular formula is C29H27FN2O. The first-order valence-electron chi connectivity index (χ1n) is 11.4. The lowest BCUT2D eigenvalue weighted by molar-refractivity contribution is 0.316. The monoisotopic (exact) mass is 438 g/mol. The highest BCUT2D eigenvalue weighted by atomic mass is 19.1. The van der Waals surface area contributed by atoms with Crippen LogP contribution in [0.15, 0.2) is 72.9 Å². The summed E-state index contributed by atoms with van der Waals surface area (Å²) in [5, 5.41) is 10.5. The molecule has 4 heteroatoms. The van der Waals surface area contributed by atoms with Gasteiger partial charge >= 0.3 is 0 Å². The Morgan fingerprint density at radius 1 is 0.879 bits per heavy atom. The number of fused-ring (bicyclic) bond motifs is 1. The second kappa shape index (κ2) is 10.7. The molecule has 1 aromatic heterocycles. The molecule has 0 radical (unpaired) electrons. The molecule has 33 heavy (non-hydrogen) atoms. The van der Waals surface area contributed by atoms with Crippen molar-refractivity contribution in [1.29, 1.82) is 5.26 Å². The summed E-state index contributed by atoms with van der Waals surface area (Å²) in [7, 11) is 0. The van der Waals surface area contributed by atoms with E-state index in [4.69, 9.17) is 10.00 Å². The van der Waals surface area contributed by atoms with E-state index in [1.807, 2.05) is 48.5 Å². The van der Waals surface area contributed by atoms with Crippen molar-refractivity contribution in [3.63, 3.8) is 0 Å². The molecule has 0 unspecified atom stereocenters. The number of rotatable bonds is 9. The molecule has 166 valence electrons. The van der Waals surface area contributed by atoms with E-state index in [0.717, 1.165) is 48.1 Å². The number of hydrogen-bond donors (Lipinski definition) is 0. The fraction of sp³-hybridized carbons (Fsp3) is 0.241. The standard InChI is InChI=1S/C29H27FN2O/c1-2-17-33-27-15-14-26(32-20-27)13-8-22-9-16-28-25(18-22)12-11-24(29(28)30)10-7-21-3-5-23(19-31)6-4-21/h3-6,9,11-12,14-16,18,20H,2,7-8,10,13,17H2,1H3. The van der Waals surface area contributed by atoms with Gasteiger partial charge < -0.3 is 4.74 Å². The number of ether oxygens (including phenoxy) is 1. The predicted molar refractivity (Wildman–Crippen MR) is 130 cm³/mol. The van der Waals surface area contributed by atoms with E-state index in [-0.39, 0.29) is 5.82 Å². The Bertz CT molecular complexity index is 1260. The summed E-state index contributed by atoms with van der Waals surface area (Å²) in [4.78, 5) is 4.49. The Morgan fingerprint density at radius 3 is 2.39 bits per heavy atom. The lowest BCUT2D eigenvalue weighted by atomic mass is 9.97. The normalized spacial score (nSPS) is 10.8. The van der Waals surface area contributed by atoms with E-state index < -0.39 is 0 Å². The summed E-state index contributed by atoms with van der Waals surface area (Å²) in [6.07, 6.45) is 5.79. The summed E-state index contributed by atoms with van der Waals surface area (Å²) in [5.74, 6) is 0.661. The van der Waals surface area contributed by atoms with Gasteiger partial charge in [-0.1, -0.05) is 49.4 Å². The van der Waals surface area contributed by atoms with Gasteiger partial charge in [-0.3, -0.25) is 4.98 Å². The average Bonchev–Trinajstić information content (AvgIpc) is 2.86. The van der Waals surface area contributed by atoms with Gasteiger partial charge in [0.05, 0.1) is 24.4 Å². The summed E-state index contributed by atoms with van der Waals surface area (Å²) < 4.78 is 20.7. The fourth-order valence-electron chi connectivity index (χ4n) is 3.90. The third kappa shape index (κ3) is 5.75. The first-order valence-corrected chi connectivity index (χ1v) is 11.4. The Labute approximate surface area is 194 Å². The molecule has 0 spiro atoms. The van der Waals surface area contributed by atoms with Gasteiger partial charge in [-0.2, -0.15) is 5.26 Å². The minimum atomic E-state index is -0.142. The zero-order valence-electron chi connectivity index (χ0n) is 18.9. The van der Waals surface area contributed by atoms with Crippen molar-refractivity contribution in [2.24, 2.45) is 0 Å². The van der Waals surface area contributed by atoms with Gasteiger partial charge in [0.2, 0.25) is 0 Å². The molecule has 1 heterocycles. The highest BCUT2D eigenvalue weighted by Gasteiger charge is 2.09. The van der Waals surface area contributed by atoms with Crippen LogP contribution in [0.4, 0.5) is 4.39 Å². The van der Waals surface area contributed by atoms with E-state index in [2.05, 4.69) is 24.0 Å². The highest BCUT2D eigenvalue weighted by molar-refractivity contribution is 5.84. The maximum atomic E-state index is 15.1. The average molecular weight is 439 g/mol. The van der Waals surface area contributed by atoms with Crippen molar-refractivity contribution < 1.29 is 9.13 Å². The maximum absolute atomic E-state index is 15.1. The first-order chi connectivity index (χ1) is 16.2. The van der Waals surface area contributed by atoms with E-state index in [0.29, 0.717) is 29.5 Å². The van der Waals surface area contributed by atoms with Crippen LogP contribution in [0.25, 0.3) is 10.8 Å². The molecule has 0 amide bonds. The van der Waals surface area contributed by atoms with E-state index in [1.54, 1.807) is 18.3 Å². The fourth-order valence-corrected chi connectivity index (χ4v) is 3.90. The van der Waals surface area contributed by atoms with E-state index in [1.165, 1.54) is 5.56 Å². The van der Waals surface area contributed by atoms with Crippen LogP contribution < -0.4 is 4.74 Å². The zero-order chi connectivity index (χ0) is 23.0. The number of nitrogens with zero attached hydrogens (tertiary/aromatic N) is 2. The van der Waals surface area contributed by atoms with Crippen LogP contribution in [0.1, 0.15) is 41.3 Å². The number of pyridine rings is 1. The topological polar surface area (TPSA) is 45.9 Å². The second-order valence-corrected chi connectivity index (χ2v) is 8.24. The SMILES string of the molecule is CCCOc1ccc(CCc2ccc3c(F)c(CCc4ccc(C#N)cc4)ccc3c2)nc1. The third-order valence-corrected chi connectivity index (χ3v) is 5.80. The predicted octanol–water partition coefficient (Wildman–Crippen LogP) is 6.60. The molecule has 0 aliphatic heterocycles. The van der Waals surface area contributed by atoms with Crippen LogP contribution in [-0.2, 0) is 25.7 Å². The lowest BCUT2D eigenvalue weighted by Crippen LogP contribution is -1.99. The number of aromatic nitrogens is 1. The van der Waals surface area contributed by atoms with Crippen molar-refractivity contribution >= 4 is 10.8 Å². The Morgan fingerprint density at radius 2 is 1.67 bits per heavy atom. The number of nitriles is 1. The molecule has 0 atom stereocenters. The third-order valence-electron chi connectivity index (χ3n) is 5.80. The summed E-state index contributed by atoms with van der Waals surface area (Å²) >= 11 is 0. The van der Waals surface area contributed by atoms with Crippen LogP contribution in [0.3, 0.4) is 0 Å². The lowest BCUT2D eigenvalue weighted by Gasteiger charge is -2.09. The molecule has 0 fully saturated rings. The highest BCUT2D eigenvalue weighted by Crippen LogP contribution is 2.24. The molecule has 3 nitrogen and oxygen atoms in total. The van der Waals surface area contributed by atoms with Crippen LogP contribution in [0, 0.1) is 17.1 Å². The molecule has 0 aliphatic rings. The summed E-state index contributed by atoms with van der Waals surface area (Å²) in [6, 6.07) is 23.4. The minimum absolute atomic E-state index is 0.142. The first kappa shape index (κ1) is 22.5. The van der Waals surface area contributed by atoms with Crippen molar-refractivity contribution in [2.45, 2.75) is 39.0 Å². The Kier molecular flexibility index (Phi) is 7.32. The molecule has 0 aliphatic carbocycles. The molecule has 4 rings (SSSR count). The largest absolute Gasteiger partial charge is 0.492 e. The Balaban J connectivity index is 1.40. The second-order valence-electron chi connectivity index (χ2n) is 8.24. The van der Waals surface area contributed by atoms with Crippen molar-refractivity contribution in [1.82, 2.24) is 4.98 Å². The van der Waals surface area contributed by atoms with Crippen LogP contribution in [0.2, 0.25) is 0 Å². The van der Waals surface area contributed by atoms with Crippen LogP contribution in [-0.4, -0.2) is 11.6 Å². The summed E-state index contributed by atoms with van der Waals surface area (Å²) in [5.41, 5.74) is 4.64. The summed E-state index contributed by atoms with van der Waals surface area (Å²) in [6.45, 7) is 2.78. The Hall–Kier alpha value is -3.71. The van der Waals surface area contributed by atoms with Crippen molar-refractivity contribution in [3.05, 3.63) is 107 Å². The van der Waals surface area contributed by atoms with Crippen LogP contribution >= 0.6 is 0 Å². The van der Waals surface area contributed by atoms with Gasteiger partial charge in [-0.05, 0) is 78.4 Å². The van der Waals surface area contributed by atoms with Gasteiger partial charge in [0.15, 0.2) is 0 Å². The molecular weight excluding hydrogens is 411 g/mol. The number of aryl methyl sites for hydroxylation is 4. The molecule has 4 aromatic rings. The van der Waals surface area contributed by atoms with E-state index in [9.17, 15) is 0 Å². The smallest absolute Gasteiger partial charge is 0.137 e. The van der Waals surface area contributed by atoms with E-state index >= 15 is 4.39 Å². The quantitative estimate of drug-likeness (QED) is 0.296. The molecule has 3 aromatic carbocycles. The van der Waals surface area contributed by atoms with Gasteiger partial charge in [0.25, 0.3) is 0 Å². The minimum Gasteiger partial charge on any atom is -0.492 e. The number of halogens is 1. The number of benzene rings is 3. The zero-order valence-corrected chi connectivity index (χ0v) is 18.9.